The van der Waals surface area contributed by atoms with Gasteiger partial charge in [-0.05, 0) is 13.3 Å². The van der Waals surface area contributed by atoms with Crippen LogP contribution in [-0.4, -0.2) is 87.5 Å². The zero-order chi connectivity index (χ0) is 20.2. The van der Waals surface area contributed by atoms with Crippen molar-refractivity contribution in [1.29, 1.82) is 0 Å². The number of carbonyl (C=O) groups excluding carboxylic acids is 2. The molecule has 4 heterocycles. The molecule has 28 heavy (non-hydrogen) atoms. The van der Waals surface area contributed by atoms with Crippen molar-refractivity contribution >= 4 is 29.5 Å². The third-order valence-corrected chi connectivity index (χ3v) is 7.69. The Morgan fingerprint density at radius 1 is 1.36 bits per heavy atom. The van der Waals surface area contributed by atoms with Gasteiger partial charge in [-0.2, -0.15) is 0 Å². The van der Waals surface area contributed by atoms with Crippen molar-refractivity contribution in [2.45, 2.75) is 43.8 Å². The van der Waals surface area contributed by atoms with Gasteiger partial charge in [-0.25, -0.2) is 4.79 Å². The van der Waals surface area contributed by atoms with Gasteiger partial charge in [-0.3, -0.25) is 14.9 Å². The number of rotatable bonds is 5. The topological polar surface area (TPSA) is 122 Å². The lowest BCUT2D eigenvalue weighted by atomic mass is 9.79. The first-order valence-electron chi connectivity index (χ1n) is 9.70. The highest BCUT2D eigenvalue weighted by molar-refractivity contribution is 8.03. The summed E-state index contributed by atoms with van der Waals surface area (Å²) in [5.41, 5.74) is 0.0612. The molecule has 6 atom stereocenters. The number of nitrogens with one attached hydrogen (secondary N) is 2. The molecule has 4 rings (SSSR count). The van der Waals surface area contributed by atoms with E-state index in [4.69, 9.17) is 0 Å². The second-order valence-corrected chi connectivity index (χ2v) is 9.28. The number of thioether (sulfide) groups is 1. The van der Waals surface area contributed by atoms with Crippen LogP contribution in [0, 0.1) is 11.8 Å². The van der Waals surface area contributed by atoms with Crippen LogP contribution in [0.25, 0.3) is 0 Å². The maximum absolute atomic E-state index is 12.4. The maximum atomic E-state index is 12.4. The largest absolute Gasteiger partial charge is 0.477 e. The van der Waals surface area contributed by atoms with E-state index in [1.165, 1.54) is 16.7 Å². The Morgan fingerprint density at radius 3 is 2.75 bits per heavy atom. The van der Waals surface area contributed by atoms with Crippen molar-refractivity contribution in [3.8, 4) is 0 Å². The average Bonchev–Trinajstić information content (AvgIpc) is 3.18. The summed E-state index contributed by atoms with van der Waals surface area (Å²) < 4.78 is 0. The molecule has 3 saturated heterocycles. The van der Waals surface area contributed by atoms with E-state index in [2.05, 4.69) is 10.6 Å². The van der Waals surface area contributed by atoms with Crippen LogP contribution < -0.4 is 10.6 Å². The van der Waals surface area contributed by atoms with E-state index in [-0.39, 0.29) is 40.9 Å². The molecule has 0 radical (unpaired) electrons. The van der Waals surface area contributed by atoms with Crippen molar-refractivity contribution in [1.82, 2.24) is 20.4 Å². The summed E-state index contributed by atoms with van der Waals surface area (Å²) in [6.45, 7) is 5.96. The van der Waals surface area contributed by atoms with Gasteiger partial charge in [0.25, 0.3) is 0 Å². The molecule has 9 nitrogen and oxygen atoms in total. The third-order valence-electron chi connectivity index (χ3n) is 6.17. The van der Waals surface area contributed by atoms with Crippen molar-refractivity contribution in [2.24, 2.45) is 11.8 Å². The van der Waals surface area contributed by atoms with Crippen molar-refractivity contribution in [3.05, 3.63) is 10.6 Å². The molecule has 3 fully saturated rings. The van der Waals surface area contributed by atoms with Crippen LogP contribution in [0.4, 0.5) is 0 Å². The SMILES string of the molecule is C[C@@H](O)C1C(=O)N2C(C(=O)O)=C(S[C@@H]3CN[C@@H](N4CCNCC4=O)C3)[C@H](C)[C@@H]12. The van der Waals surface area contributed by atoms with Gasteiger partial charge in [0.1, 0.15) is 5.70 Å². The minimum atomic E-state index is -1.10. The highest BCUT2D eigenvalue weighted by Gasteiger charge is 2.60. The van der Waals surface area contributed by atoms with Crippen LogP contribution in [0.1, 0.15) is 20.3 Å². The first-order valence-corrected chi connectivity index (χ1v) is 10.6. The number of aliphatic hydroxyl groups excluding tert-OH is 1. The lowest BCUT2D eigenvalue weighted by Gasteiger charge is -2.46. The molecule has 4 aliphatic rings. The second-order valence-electron chi connectivity index (χ2n) is 7.94. The minimum Gasteiger partial charge on any atom is -0.477 e. The van der Waals surface area contributed by atoms with Crippen molar-refractivity contribution in [3.63, 3.8) is 0 Å². The molecule has 1 unspecified atom stereocenters. The molecular formula is C18H26N4O5S. The Labute approximate surface area is 167 Å². The molecule has 0 saturated carbocycles. The van der Waals surface area contributed by atoms with Gasteiger partial charge in [0.05, 0.1) is 30.8 Å². The van der Waals surface area contributed by atoms with Crippen LogP contribution in [-0.2, 0) is 14.4 Å². The number of carbonyl (C=O) groups is 3. The van der Waals surface area contributed by atoms with Gasteiger partial charge in [-0.15, -0.1) is 11.8 Å². The van der Waals surface area contributed by atoms with E-state index in [1.54, 1.807) is 6.92 Å². The minimum absolute atomic E-state index is 0.0402. The predicted molar refractivity (Wildman–Crippen MR) is 102 cm³/mol. The van der Waals surface area contributed by atoms with Crippen molar-refractivity contribution < 1.29 is 24.6 Å². The van der Waals surface area contributed by atoms with Gasteiger partial charge < -0.3 is 25.3 Å². The van der Waals surface area contributed by atoms with Crippen LogP contribution in [0.5, 0.6) is 0 Å². The molecule has 0 bridgehead atoms. The number of nitrogens with zero attached hydrogens (tertiary/aromatic N) is 2. The van der Waals surface area contributed by atoms with Crippen molar-refractivity contribution in [2.75, 3.05) is 26.2 Å². The summed E-state index contributed by atoms with van der Waals surface area (Å²) in [5.74, 6) is -2.02. The number of piperazine rings is 1. The molecular weight excluding hydrogens is 384 g/mol. The molecule has 0 aromatic rings. The van der Waals surface area contributed by atoms with E-state index in [1.807, 2.05) is 11.8 Å². The Balaban J connectivity index is 1.49. The fourth-order valence-corrected chi connectivity index (χ4v) is 6.29. The number of amides is 2. The number of β-lactam (4-membered cyclic amide) rings is 1. The first-order chi connectivity index (χ1) is 13.3. The van der Waals surface area contributed by atoms with E-state index >= 15 is 0 Å². The molecule has 10 heteroatoms. The summed E-state index contributed by atoms with van der Waals surface area (Å²) in [4.78, 5) is 40.3. The number of carboxylic acid groups (broad SMARTS) is 1. The number of hydrogen-bond acceptors (Lipinski definition) is 7. The van der Waals surface area contributed by atoms with Crippen LogP contribution >= 0.6 is 11.8 Å². The molecule has 4 N–H and O–H groups in total. The lowest BCUT2D eigenvalue weighted by Crippen LogP contribution is -2.63. The number of hydrogen-bond donors (Lipinski definition) is 4. The van der Waals surface area contributed by atoms with Crippen LogP contribution in [0.2, 0.25) is 0 Å². The highest BCUT2D eigenvalue weighted by atomic mass is 32.2. The zero-order valence-electron chi connectivity index (χ0n) is 15.9. The number of aliphatic carboxylic acids is 1. The Bertz CT molecular complexity index is 741. The first kappa shape index (κ1) is 19.7. The third kappa shape index (κ3) is 3.02. The van der Waals surface area contributed by atoms with E-state index in [0.717, 1.165) is 13.0 Å². The fraction of sp³-hybridized carbons (Fsp3) is 0.722. The summed E-state index contributed by atoms with van der Waals surface area (Å²) in [5, 5.41) is 26.2. The summed E-state index contributed by atoms with van der Waals surface area (Å²) in [6.07, 6.45) is -0.105. The molecule has 0 aromatic carbocycles. The average molecular weight is 410 g/mol. The Morgan fingerprint density at radius 2 is 2.11 bits per heavy atom. The molecule has 0 aromatic heterocycles. The molecule has 0 spiro atoms. The second kappa shape index (κ2) is 7.33. The summed E-state index contributed by atoms with van der Waals surface area (Å²) in [6, 6.07) is -0.291. The Kier molecular flexibility index (Phi) is 5.15. The number of carboxylic acids is 1. The summed E-state index contributed by atoms with van der Waals surface area (Å²) in [7, 11) is 0. The maximum Gasteiger partial charge on any atom is 0.353 e. The predicted octanol–water partition coefficient (Wildman–Crippen LogP) is -1.01. The van der Waals surface area contributed by atoms with E-state index < -0.39 is 18.0 Å². The van der Waals surface area contributed by atoms with Gasteiger partial charge in [0, 0.05) is 35.7 Å². The monoisotopic (exact) mass is 410 g/mol. The molecule has 0 aliphatic carbocycles. The quantitative estimate of drug-likeness (QED) is 0.426. The standard InChI is InChI=1S/C18H26N4O5S/c1-8-14-13(9(2)23)17(25)22(14)15(18(26)27)16(8)28-10-5-11(20-6-10)21-4-3-19-7-12(21)24/h8-11,13-14,19-20,23H,3-7H2,1-2H3,(H,26,27)/t8-,9-,10+,11+,13?,14+/m1/s1. The molecule has 2 amide bonds. The van der Waals surface area contributed by atoms with Gasteiger partial charge >= 0.3 is 5.97 Å². The number of aliphatic hydroxyl groups is 1. The van der Waals surface area contributed by atoms with E-state index in [0.29, 0.717) is 24.5 Å². The van der Waals surface area contributed by atoms with Crippen LogP contribution in [0.15, 0.2) is 10.6 Å². The molecule has 4 aliphatic heterocycles. The smallest absolute Gasteiger partial charge is 0.353 e. The lowest BCUT2D eigenvalue weighted by molar-refractivity contribution is -0.163. The van der Waals surface area contributed by atoms with E-state index in [9.17, 15) is 24.6 Å². The van der Waals surface area contributed by atoms with Gasteiger partial charge in [0.2, 0.25) is 11.8 Å². The normalized spacial score (nSPS) is 36.6. The fourth-order valence-electron chi connectivity index (χ4n) is 4.82. The van der Waals surface area contributed by atoms with Gasteiger partial charge in [0.15, 0.2) is 0 Å². The Hall–Kier alpha value is -1.62. The highest BCUT2D eigenvalue weighted by Crippen LogP contribution is 2.51. The molecule has 154 valence electrons. The zero-order valence-corrected chi connectivity index (χ0v) is 16.7. The van der Waals surface area contributed by atoms with Gasteiger partial charge in [-0.1, -0.05) is 6.92 Å². The number of fused-ring (bicyclic) bond motifs is 1. The van der Waals surface area contributed by atoms with Crippen LogP contribution in [0.3, 0.4) is 0 Å². The summed E-state index contributed by atoms with van der Waals surface area (Å²) >= 11 is 1.50.